The monoisotopic (exact) mass is 200 g/mol. The van der Waals surface area contributed by atoms with E-state index in [1.807, 2.05) is 4.90 Å². The number of carboxylic acids is 1. The summed E-state index contributed by atoms with van der Waals surface area (Å²) in [4.78, 5) is 12.7. The number of hydrogen-bond donors (Lipinski definition) is 1. The molecule has 1 fully saturated rings. The fourth-order valence-electron chi connectivity index (χ4n) is 2.05. The quantitative estimate of drug-likeness (QED) is 0.709. The SMILES string of the molecule is [2H]CN(C1CCCCCC1)[C@@H](C)C(=O)O. The van der Waals surface area contributed by atoms with Crippen molar-refractivity contribution in [1.29, 1.82) is 0 Å². The summed E-state index contributed by atoms with van der Waals surface area (Å²) in [5.74, 6) is -0.813. The molecule has 0 aliphatic heterocycles. The minimum absolute atomic E-state index is 0.0954. The molecule has 0 unspecified atom stereocenters. The van der Waals surface area contributed by atoms with Gasteiger partial charge in [-0.3, -0.25) is 9.69 Å². The Labute approximate surface area is 87.5 Å². The summed E-state index contributed by atoms with van der Waals surface area (Å²) in [5, 5.41) is 8.96. The van der Waals surface area contributed by atoms with Crippen LogP contribution in [0.25, 0.3) is 0 Å². The lowest BCUT2D eigenvalue weighted by Crippen LogP contribution is -2.42. The van der Waals surface area contributed by atoms with E-state index in [0.717, 1.165) is 12.8 Å². The molecule has 0 saturated heterocycles. The number of rotatable bonds is 3. The molecule has 3 heteroatoms. The molecule has 1 aliphatic carbocycles. The van der Waals surface area contributed by atoms with Crippen molar-refractivity contribution in [2.75, 3.05) is 7.02 Å². The van der Waals surface area contributed by atoms with E-state index in [2.05, 4.69) is 0 Å². The molecule has 3 nitrogen and oxygen atoms in total. The van der Waals surface area contributed by atoms with Crippen LogP contribution < -0.4 is 0 Å². The molecule has 0 amide bonds. The molecule has 0 aromatic heterocycles. The van der Waals surface area contributed by atoms with Gasteiger partial charge in [-0.1, -0.05) is 25.7 Å². The second-order valence-corrected chi connectivity index (χ2v) is 4.17. The Kier molecular flexibility index (Phi) is 3.80. The highest BCUT2D eigenvalue weighted by atomic mass is 16.4. The van der Waals surface area contributed by atoms with Crippen LogP contribution in [0.3, 0.4) is 0 Å². The number of likely N-dealkylation sites (N-methyl/N-ethyl adjacent to an activating group) is 1. The topological polar surface area (TPSA) is 40.5 Å². The molecule has 0 bridgehead atoms. The van der Waals surface area contributed by atoms with Crippen LogP contribution in [-0.4, -0.2) is 35.1 Å². The Bertz CT molecular complexity index is 203. The van der Waals surface area contributed by atoms with Crippen LogP contribution in [0.1, 0.15) is 46.8 Å². The number of carbonyl (C=O) groups is 1. The van der Waals surface area contributed by atoms with Crippen molar-refractivity contribution in [2.45, 2.75) is 57.5 Å². The third kappa shape index (κ3) is 2.98. The van der Waals surface area contributed by atoms with Gasteiger partial charge in [-0.25, -0.2) is 0 Å². The van der Waals surface area contributed by atoms with Gasteiger partial charge in [0.05, 0.1) is 0 Å². The highest BCUT2D eigenvalue weighted by Gasteiger charge is 2.24. The van der Waals surface area contributed by atoms with Gasteiger partial charge < -0.3 is 5.11 Å². The van der Waals surface area contributed by atoms with E-state index in [-0.39, 0.29) is 7.02 Å². The van der Waals surface area contributed by atoms with E-state index in [4.69, 9.17) is 6.48 Å². The standard InChI is InChI=1S/C11H21NO2/c1-9(11(13)14)12(2)10-7-5-3-4-6-8-10/h9-10H,3-8H2,1-2H3,(H,13,14)/t9-/m0/s1/i2D. The molecule has 1 N–H and O–H groups in total. The molecule has 1 rings (SSSR count). The Morgan fingerprint density at radius 1 is 1.43 bits per heavy atom. The third-order valence-corrected chi connectivity index (χ3v) is 3.15. The second kappa shape index (κ2) is 5.35. The van der Waals surface area contributed by atoms with Crippen LogP contribution in [-0.2, 0) is 4.79 Å². The number of nitrogens with zero attached hydrogens (tertiary/aromatic N) is 1. The summed E-state index contributed by atoms with van der Waals surface area (Å²) in [5.41, 5.74) is 0. The molecule has 1 aliphatic rings. The van der Waals surface area contributed by atoms with Gasteiger partial charge in [-0.15, -0.1) is 0 Å². The lowest BCUT2D eigenvalue weighted by atomic mass is 10.1. The molecule has 1 atom stereocenters. The molecule has 0 radical (unpaired) electrons. The van der Waals surface area contributed by atoms with Gasteiger partial charge in [0, 0.05) is 7.41 Å². The first-order valence-electron chi connectivity index (χ1n) is 6.15. The lowest BCUT2D eigenvalue weighted by Gasteiger charge is -2.30. The predicted octanol–water partition coefficient (Wildman–Crippen LogP) is 2.11. The zero-order valence-electron chi connectivity index (χ0n) is 9.91. The average Bonchev–Trinajstić information content (AvgIpc) is 2.47. The Balaban J connectivity index is 2.58. The van der Waals surface area contributed by atoms with Gasteiger partial charge in [-0.2, -0.15) is 0 Å². The van der Waals surface area contributed by atoms with Gasteiger partial charge in [0.25, 0.3) is 0 Å². The summed E-state index contributed by atoms with van der Waals surface area (Å²) < 4.78 is 7.45. The number of hydrogen-bond acceptors (Lipinski definition) is 2. The Morgan fingerprint density at radius 3 is 2.43 bits per heavy atom. The van der Waals surface area contributed by atoms with Gasteiger partial charge >= 0.3 is 5.97 Å². The van der Waals surface area contributed by atoms with Gasteiger partial charge in [0.2, 0.25) is 0 Å². The smallest absolute Gasteiger partial charge is 0.320 e. The van der Waals surface area contributed by atoms with E-state index in [1.54, 1.807) is 6.92 Å². The molecule has 82 valence electrons. The zero-order valence-corrected chi connectivity index (χ0v) is 8.91. The van der Waals surface area contributed by atoms with E-state index in [1.165, 1.54) is 25.7 Å². The van der Waals surface area contributed by atoms with Crippen LogP contribution in [0.2, 0.25) is 0 Å². The maximum Gasteiger partial charge on any atom is 0.320 e. The van der Waals surface area contributed by atoms with Crippen molar-refractivity contribution in [3.05, 3.63) is 0 Å². The first-order chi connectivity index (χ1) is 7.16. The summed E-state index contributed by atoms with van der Waals surface area (Å²) in [6, 6.07) is -0.221. The van der Waals surface area contributed by atoms with Crippen LogP contribution in [0.5, 0.6) is 0 Å². The fourth-order valence-corrected chi connectivity index (χ4v) is 2.05. The van der Waals surface area contributed by atoms with E-state index in [0.29, 0.717) is 6.04 Å². The van der Waals surface area contributed by atoms with Crippen LogP contribution >= 0.6 is 0 Å². The first kappa shape index (κ1) is 9.97. The molecule has 0 heterocycles. The van der Waals surface area contributed by atoms with E-state index >= 15 is 0 Å². The molecule has 0 aromatic rings. The number of carboxylic acid groups (broad SMARTS) is 1. The maximum absolute atomic E-state index is 10.9. The summed E-state index contributed by atoms with van der Waals surface area (Å²) in [6.07, 6.45) is 6.96. The normalized spacial score (nSPS) is 22.9. The van der Waals surface area contributed by atoms with Crippen molar-refractivity contribution < 1.29 is 11.3 Å². The van der Waals surface area contributed by atoms with Gasteiger partial charge in [0.15, 0.2) is 0 Å². The molecular formula is C11H21NO2. The predicted molar refractivity (Wildman–Crippen MR) is 56.4 cm³/mol. The van der Waals surface area contributed by atoms with E-state index in [9.17, 15) is 4.79 Å². The van der Waals surface area contributed by atoms with Crippen LogP contribution in [0.4, 0.5) is 0 Å². The minimum atomic E-state index is -0.813. The van der Waals surface area contributed by atoms with Crippen molar-refractivity contribution in [3.63, 3.8) is 0 Å². The van der Waals surface area contributed by atoms with Gasteiger partial charge in [-0.05, 0) is 26.8 Å². The minimum Gasteiger partial charge on any atom is -0.480 e. The zero-order chi connectivity index (χ0) is 11.3. The van der Waals surface area contributed by atoms with Crippen molar-refractivity contribution >= 4 is 5.97 Å². The van der Waals surface area contributed by atoms with Crippen molar-refractivity contribution in [3.8, 4) is 0 Å². The van der Waals surface area contributed by atoms with Crippen molar-refractivity contribution in [2.24, 2.45) is 0 Å². The second-order valence-electron chi connectivity index (χ2n) is 4.17. The highest BCUT2D eigenvalue weighted by molar-refractivity contribution is 5.72. The fraction of sp³-hybridized carbons (Fsp3) is 0.909. The van der Waals surface area contributed by atoms with Gasteiger partial charge in [0.1, 0.15) is 6.04 Å². The third-order valence-electron chi connectivity index (χ3n) is 3.15. The summed E-state index contributed by atoms with van der Waals surface area (Å²) in [6.45, 7) is 1.68. The van der Waals surface area contributed by atoms with Crippen LogP contribution in [0, 0.1) is 0 Å². The van der Waals surface area contributed by atoms with E-state index < -0.39 is 12.0 Å². The summed E-state index contributed by atoms with van der Waals surface area (Å²) in [7, 11) is 0.0954. The summed E-state index contributed by atoms with van der Waals surface area (Å²) >= 11 is 0. The lowest BCUT2D eigenvalue weighted by molar-refractivity contribution is -0.143. The molecule has 0 spiro atoms. The largest absolute Gasteiger partial charge is 0.480 e. The van der Waals surface area contributed by atoms with Crippen LogP contribution in [0.15, 0.2) is 0 Å². The number of aliphatic carboxylic acids is 1. The van der Waals surface area contributed by atoms with Crippen molar-refractivity contribution in [1.82, 2.24) is 4.90 Å². The Morgan fingerprint density at radius 2 is 2.00 bits per heavy atom. The maximum atomic E-state index is 10.9. The molecular weight excluding hydrogens is 178 g/mol. The Hall–Kier alpha value is -0.570. The first-order valence-corrected chi connectivity index (χ1v) is 5.44. The molecule has 14 heavy (non-hydrogen) atoms. The highest BCUT2D eigenvalue weighted by Crippen LogP contribution is 2.22. The molecule has 1 saturated carbocycles. The molecule has 0 aromatic carbocycles. The average molecular weight is 200 g/mol.